The van der Waals surface area contributed by atoms with E-state index in [0.29, 0.717) is 0 Å². The zero-order valence-corrected chi connectivity index (χ0v) is 20.5. The van der Waals surface area contributed by atoms with Gasteiger partial charge in [-0.25, -0.2) is 0 Å². The maximum atomic E-state index is 4.97. The molecule has 0 radical (unpaired) electrons. The monoisotopic (exact) mass is 440 g/mol. The third-order valence-electron chi connectivity index (χ3n) is 7.48. The van der Waals surface area contributed by atoms with Gasteiger partial charge >= 0.3 is 0 Å². The molecule has 0 aliphatic rings. The van der Waals surface area contributed by atoms with E-state index in [9.17, 15) is 0 Å². The second-order valence-corrected chi connectivity index (χ2v) is 11.2. The van der Waals surface area contributed by atoms with Crippen molar-refractivity contribution in [1.29, 1.82) is 0 Å². The minimum atomic E-state index is 0.202. The molecule has 0 fully saturated rings. The Bertz CT molecular complexity index is 1930. The van der Waals surface area contributed by atoms with Gasteiger partial charge in [0.15, 0.2) is 0 Å². The fourth-order valence-corrected chi connectivity index (χ4v) is 6.19. The summed E-state index contributed by atoms with van der Waals surface area (Å²) in [7, 11) is 0. The predicted molar refractivity (Wildman–Crippen MR) is 147 cm³/mol. The zero-order valence-electron chi connectivity index (χ0n) is 20.5. The van der Waals surface area contributed by atoms with Gasteiger partial charge in [-0.05, 0) is 65.1 Å². The average Bonchev–Trinajstić information content (AvgIpc) is 3.13. The van der Waals surface area contributed by atoms with Crippen LogP contribution in [0.5, 0.6) is 0 Å². The summed E-state index contributed by atoms with van der Waals surface area (Å²) < 4.78 is 2.58. The summed E-state index contributed by atoms with van der Waals surface area (Å²) in [4.78, 5) is 4.97. The molecule has 3 aromatic heterocycles. The van der Waals surface area contributed by atoms with Crippen LogP contribution in [0.2, 0.25) is 0 Å². The quantitative estimate of drug-likeness (QED) is 0.184. The van der Waals surface area contributed by atoms with Crippen molar-refractivity contribution in [3.8, 4) is 0 Å². The minimum Gasteiger partial charge on any atom is -0.307 e. The highest BCUT2D eigenvalue weighted by Crippen LogP contribution is 2.44. The van der Waals surface area contributed by atoms with E-state index in [2.05, 4.69) is 99.7 Å². The van der Waals surface area contributed by atoms with Crippen molar-refractivity contribution >= 4 is 59.8 Å². The second-order valence-electron chi connectivity index (χ2n) is 11.2. The van der Waals surface area contributed by atoms with Crippen molar-refractivity contribution in [3.63, 3.8) is 0 Å². The van der Waals surface area contributed by atoms with Gasteiger partial charge in [-0.1, -0.05) is 74.9 Å². The first-order valence-corrected chi connectivity index (χ1v) is 12.2. The molecule has 0 spiro atoms. The predicted octanol–water partition coefficient (Wildman–Crippen LogP) is 8.74. The van der Waals surface area contributed by atoms with Crippen LogP contribution in [0, 0.1) is 19.3 Å². The molecule has 0 bridgehead atoms. The van der Waals surface area contributed by atoms with Crippen LogP contribution in [0.25, 0.3) is 59.8 Å². The molecule has 34 heavy (non-hydrogen) atoms. The number of hydrogen-bond acceptors (Lipinski definition) is 1. The van der Waals surface area contributed by atoms with Crippen molar-refractivity contribution in [2.24, 2.45) is 5.41 Å². The van der Waals surface area contributed by atoms with Crippen molar-refractivity contribution < 1.29 is 0 Å². The van der Waals surface area contributed by atoms with Crippen molar-refractivity contribution in [3.05, 3.63) is 83.6 Å². The number of benzene rings is 4. The lowest BCUT2D eigenvalue weighted by Gasteiger charge is -2.20. The molecule has 7 aromatic rings. The summed E-state index contributed by atoms with van der Waals surface area (Å²) in [6.07, 6.45) is 3.00. The number of para-hydroxylation sites is 1. The van der Waals surface area contributed by atoms with E-state index < -0.39 is 0 Å². The van der Waals surface area contributed by atoms with Gasteiger partial charge in [-0.2, -0.15) is 0 Å². The molecule has 4 aromatic carbocycles. The zero-order chi connectivity index (χ0) is 23.4. The Morgan fingerprint density at radius 2 is 1.53 bits per heavy atom. The van der Waals surface area contributed by atoms with Gasteiger partial charge in [0.1, 0.15) is 0 Å². The molecule has 7 rings (SSSR count). The van der Waals surface area contributed by atoms with Crippen molar-refractivity contribution in [1.82, 2.24) is 9.38 Å². The normalized spacial score (nSPS) is 13.0. The number of nitrogens with zero attached hydrogens (tertiary/aromatic N) is 2. The van der Waals surface area contributed by atoms with Gasteiger partial charge in [-0.15, -0.1) is 0 Å². The second kappa shape index (κ2) is 6.48. The van der Waals surface area contributed by atoms with Gasteiger partial charge < -0.3 is 4.40 Å². The summed E-state index contributed by atoms with van der Waals surface area (Å²) in [5, 5.41) is 9.04. The smallest absolute Gasteiger partial charge is 0.0823 e. The van der Waals surface area contributed by atoms with E-state index in [4.69, 9.17) is 4.98 Å². The molecule has 2 heteroatoms. The van der Waals surface area contributed by atoms with Gasteiger partial charge in [-0.3, -0.25) is 4.98 Å². The Morgan fingerprint density at radius 1 is 0.735 bits per heavy atom. The highest BCUT2D eigenvalue weighted by molar-refractivity contribution is 6.29. The molecule has 0 N–H and O–H groups in total. The number of aromatic nitrogens is 2. The van der Waals surface area contributed by atoms with Crippen molar-refractivity contribution in [2.45, 2.75) is 41.0 Å². The first-order chi connectivity index (χ1) is 16.3. The summed E-state index contributed by atoms with van der Waals surface area (Å²) >= 11 is 0. The fraction of sp³-hybridized carbons (Fsp3) is 0.219. The minimum absolute atomic E-state index is 0.202. The summed E-state index contributed by atoms with van der Waals surface area (Å²) in [6, 6.07) is 22.8. The number of rotatable bonds is 1. The molecule has 0 aliphatic carbocycles. The number of fused-ring (bicyclic) bond motifs is 7. The molecule has 2 nitrogen and oxygen atoms in total. The van der Waals surface area contributed by atoms with Crippen LogP contribution in [0.4, 0.5) is 0 Å². The van der Waals surface area contributed by atoms with Crippen molar-refractivity contribution in [2.75, 3.05) is 0 Å². The van der Waals surface area contributed by atoms with Crippen LogP contribution in [0.1, 0.15) is 37.5 Å². The maximum Gasteiger partial charge on any atom is 0.0823 e. The molecular formula is C32H28N2. The first-order valence-electron chi connectivity index (χ1n) is 12.2. The van der Waals surface area contributed by atoms with E-state index in [0.717, 1.165) is 11.9 Å². The van der Waals surface area contributed by atoms with Crippen LogP contribution in [-0.4, -0.2) is 9.38 Å². The van der Waals surface area contributed by atoms with Gasteiger partial charge in [0.25, 0.3) is 0 Å². The molecule has 166 valence electrons. The summed E-state index contributed by atoms with van der Waals surface area (Å²) in [5.41, 5.74) is 9.28. The molecule has 0 amide bonds. The molecular weight excluding hydrogens is 412 g/mol. The lowest BCUT2D eigenvalue weighted by molar-refractivity contribution is 0.412. The number of aryl methyl sites for hydroxylation is 2. The molecule has 0 atom stereocenters. The molecule has 0 saturated heterocycles. The maximum absolute atomic E-state index is 4.97. The lowest BCUT2D eigenvalue weighted by Crippen LogP contribution is -2.10. The Morgan fingerprint density at radius 3 is 2.35 bits per heavy atom. The number of pyridine rings is 2. The molecule has 0 unspecified atom stereocenters. The SMILES string of the molecule is Cc1ccc2c(C)c3c(cc2c1)c1nccc2ccc4c5cccc(CC(C)(C)C)c5n3c4c21. The van der Waals surface area contributed by atoms with E-state index in [1.165, 1.54) is 70.9 Å². The Kier molecular flexibility index (Phi) is 3.77. The van der Waals surface area contributed by atoms with Gasteiger partial charge in [0, 0.05) is 27.7 Å². The lowest BCUT2D eigenvalue weighted by atomic mass is 9.87. The standard InChI is InChI=1S/C32H28N2/c1-18-9-11-23-19(2)29-26(16-22(23)15-18)28-27-20(13-14-33-28)10-12-25-24-8-6-7-21(17-32(3,4)5)30(24)34(29)31(25)27/h6-16H,17H2,1-5H3. The van der Waals surface area contributed by atoms with Gasteiger partial charge in [0.05, 0.1) is 22.1 Å². The molecule has 0 saturated carbocycles. The Balaban J connectivity index is 1.85. The van der Waals surface area contributed by atoms with Crippen LogP contribution in [-0.2, 0) is 6.42 Å². The third-order valence-corrected chi connectivity index (χ3v) is 7.48. The highest BCUT2D eigenvalue weighted by Gasteiger charge is 2.23. The van der Waals surface area contributed by atoms with Crippen LogP contribution >= 0.6 is 0 Å². The van der Waals surface area contributed by atoms with E-state index in [1.54, 1.807) is 0 Å². The Hall–Kier alpha value is -3.65. The van der Waals surface area contributed by atoms with Crippen LogP contribution < -0.4 is 0 Å². The largest absolute Gasteiger partial charge is 0.307 e. The summed E-state index contributed by atoms with van der Waals surface area (Å²) in [6.45, 7) is 11.4. The Labute approximate surface area is 199 Å². The van der Waals surface area contributed by atoms with Crippen LogP contribution in [0.15, 0.2) is 66.9 Å². The molecule has 3 heterocycles. The third kappa shape index (κ3) is 2.54. The first kappa shape index (κ1) is 19.8. The fourth-order valence-electron chi connectivity index (χ4n) is 6.19. The molecule has 0 aliphatic heterocycles. The van der Waals surface area contributed by atoms with E-state index >= 15 is 0 Å². The van der Waals surface area contributed by atoms with Crippen LogP contribution in [0.3, 0.4) is 0 Å². The number of hydrogen-bond donors (Lipinski definition) is 0. The van der Waals surface area contributed by atoms with E-state index in [1.807, 2.05) is 6.20 Å². The van der Waals surface area contributed by atoms with E-state index in [-0.39, 0.29) is 5.41 Å². The topological polar surface area (TPSA) is 17.3 Å². The van der Waals surface area contributed by atoms with Gasteiger partial charge in [0.2, 0.25) is 0 Å². The summed E-state index contributed by atoms with van der Waals surface area (Å²) in [5.74, 6) is 0. The average molecular weight is 441 g/mol. The highest BCUT2D eigenvalue weighted by atomic mass is 14.9.